The van der Waals surface area contributed by atoms with E-state index in [-0.39, 0.29) is 40.0 Å². The van der Waals surface area contributed by atoms with Crippen molar-refractivity contribution in [2.75, 3.05) is 12.4 Å². The molecule has 1 amide bonds. The maximum Gasteiger partial charge on any atom is 0.309 e. The highest BCUT2D eigenvalue weighted by Gasteiger charge is 2.24. The van der Waals surface area contributed by atoms with Crippen molar-refractivity contribution in [2.24, 2.45) is 5.92 Å². The Bertz CT molecular complexity index is 1830. The second kappa shape index (κ2) is 12.5. The molecule has 0 saturated carbocycles. The van der Waals surface area contributed by atoms with E-state index in [1.165, 1.54) is 36.2 Å². The Hall–Kier alpha value is -4.88. The van der Waals surface area contributed by atoms with Crippen LogP contribution in [0, 0.1) is 23.1 Å². The number of amides is 1. The summed E-state index contributed by atoms with van der Waals surface area (Å²) in [6.07, 6.45) is 4.59. The first-order valence-electron chi connectivity index (χ1n) is 13.6. The summed E-state index contributed by atoms with van der Waals surface area (Å²) in [6, 6.07) is 14.3. The number of carbonyl (C=O) groups is 2. The van der Waals surface area contributed by atoms with E-state index in [2.05, 4.69) is 15.4 Å². The topological polar surface area (TPSA) is 127 Å². The molecular formula is C32H27ClFN5O4. The highest BCUT2D eigenvalue weighted by atomic mass is 35.5. The number of halogens is 2. The van der Waals surface area contributed by atoms with Gasteiger partial charge in [-0.25, -0.2) is 9.07 Å². The van der Waals surface area contributed by atoms with Gasteiger partial charge in [-0.3, -0.25) is 19.4 Å². The molecule has 2 aromatic carbocycles. The number of ether oxygens (including phenoxy) is 1. The zero-order chi connectivity index (χ0) is 30.7. The smallest absolute Gasteiger partial charge is 0.309 e. The molecule has 218 valence electrons. The van der Waals surface area contributed by atoms with Gasteiger partial charge in [-0.2, -0.15) is 10.4 Å². The summed E-state index contributed by atoms with van der Waals surface area (Å²) in [6.45, 7) is 1.83. The van der Waals surface area contributed by atoms with Crippen molar-refractivity contribution in [2.45, 2.75) is 38.6 Å². The fraction of sp³-hybridized carbons (Fsp3) is 0.250. The second-order valence-corrected chi connectivity index (χ2v) is 10.8. The third kappa shape index (κ3) is 6.17. The molecule has 43 heavy (non-hydrogen) atoms. The fourth-order valence-corrected chi connectivity index (χ4v) is 5.37. The van der Waals surface area contributed by atoms with Gasteiger partial charge < -0.3 is 10.1 Å². The maximum atomic E-state index is 14.9. The third-order valence-electron chi connectivity index (χ3n) is 7.54. The number of aromatic nitrogens is 3. The van der Waals surface area contributed by atoms with E-state index in [9.17, 15) is 24.0 Å². The molecule has 0 saturated heterocycles. The summed E-state index contributed by atoms with van der Waals surface area (Å²) in [7, 11) is 1.32. The number of fused-ring (bicyclic) bond motifs is 4. The van der Waals surface area contributed by atoms with Crippen LogP contribution in [0.15, 0.2) is 65.7 Å². The SMILES string of the molecule is COC(=O)Cc1ccc2c(c1)NC(=O)[C@H](C)CCC[C@H](n1ncc(-c3c(C#N)ccc(Cl)c3F)cc1=O)c1cc-2ccn1. The monoisotopic (exact) mass is 599 g/mol. The summed E-state index contributed by atoms with van der Waals surface area (Å²) >= 11 is 5.96. The van der Waals surface area contributed by atoms with Crippen LogP contribution in [-0.2, 0) is 20.7 Å². The van der Waals surface area contributed by atoms with E-state index in [0.29, 0.717) is 41.8 Å². The lowest BCUT2D eigenvalue weighted by Crippen LogP contribution is -2.29. The number of hydrogen-bond acceptors (Lipinski definition) is 7. The molecule has 0 fully saturated rings. The Kier molecular flexibility index (Phi) is 8.64. The van der Waals surface area contributed by atoms with Crippen LogP contribution in [0.4, 0.5) is 10.1 Å². The molecule has 5 rings (SSSR count). The number of esters is 1. The summed E-state index contributed by atoms with van der Waals surface area (Å²) in [5.41, 5.74) is 2.83. The Morgan fingerprint density at radius 1 is 1.16 bits per heavy atom. The number of benzene rings is 2. The van der Waals surface area contributed by atoms with Gasteiger partial charge in [0, 0.05) is 40.6 Å². The molecule has 4 aromatic rings. The van der Waals surface area contributed by atoms with Crippen LogP contribution < -0.4 is 10.9 Å². The number of hydrogen-bond donors (Lipinski definition) is 1. The first-order chi connectivity index (χ1) is 20.7. The standard InChI is InChI=1S/C32H27ClFN5O4/c1-18-4-3-5-27(39-28(40)15-22(17-37-39)30-21(16-35)7-9-24(33)31(30)34)26-14-20(10-11-36-26)23-8-6-19(13-29(41)43-2)12-25(23)38-32(18)42/h6-12,14-15,17-18,27H,3-5,13H2,1-2H3,(H,38,42)/t18-,27+/m1/s1. The van der Waals surface area contributed by atoms with Gasteiger partial charge in [0.2, 0.25) is 5.91 Å². The van der Waals surface area contributed by atoms with Gasteiger partial charge in [-0.05, 0) is 54.3 Å². The van der Waals surface area contributed by atoms with Gasteiger partial charge in [-0.1, -0.05) is 37.1 Å². The van der Waals surface area contributed by atoms with E-state index in [4.69, 9.17) is 16.3 Å². The zero-order valence-corrected chi connectivity index (χ0v) is 24.2. The average molecular weight is 600 g/mol. The van der Waals surface area contributed by atoms with Crippen molar-refractivity contribution < 1.29 is 18.7 Å². The van der Waals surface area contributed by atoms with Gasteiger partial charge in [0.25, 0.3) is 5.56 Å². The molecule has 0 unspecified atom stereocenters. The molecule has 1 aliphatic rings. The Balaban J connectivity index is 1.60. The number of nitrogens with zero attached hydrogens (tertiary/aromatic N) is 4. The van der Waals surface area contributed by atoms with E-state index in [1.54, 1.807) is 24.4 Å². The number of rotatable bonds is 4. The predicted molar refractivity (Wildman–Crippen MR) is 159 cm³/mol. The van der Waals surface area contributed by atoms with Crippen molar-refractivity contribution in [3.05, 3.63) is 98.9 Å². The average Bonchev–Trinajstić information content (AvgIpc) is 3.00. The quantitative estimate of drug-likeness (QED) is 0.298. The minimum Gasteiger partial charge on any atom is -0.469 e. The second-order valence-electron chi connectivity index (χ2n) is 10.4. The molecular weight excluding hydrogens is 573 g/mol. The Morgan fingerprint density at radius 3 is 2.72 bits per heavy atom. The highest BCUT2D eigenvalue weighted by molar-refractivity contribution is 6.31. The van der Waals surface area contributed by atoms with E-state index in [1.807, 2.05) is 25.1 Å². The number of nitriles is 1. The summed E-state index contributed by atoms with van der Waals surface area (Å²) in [4.78, 5) is 43.1. The lowest BCUT2D eigenvalue weighted by Gasteiger charge is -2.22. The Morgan fingerprint density at radius 2 is 1.98 bits per heavy atom. The van der Waals surface area contributed by atoms with Gasteiger partial charge in [0.15, 0.2) is 5.82 Å². The lowest BCUT2D eigenvalue weighted by atomic mass is 9.94. The molecule has 1 aliphatic heterocycles. The van der Waals surface area contributed by atoms with Gasteiger partial charge in [-0.15, -0.1) is 0 Å². The zero-order valence-electron chi connectivity index (χ0n) is 23.4. The minimum absolute atomic E-state index is 0.0295. The molecule has 11 heteroatoms. The van der Waals surface area contributed by atoms with Crippen molar-refractivity contribution in [1.82, 2.24) is 14.8 Å². The minimum atomic E-state index is -0.805. The third-order valence-corrected chi connectivity index (χ3v) is 7.83. The summed E-state index contributed by atoms with van der Waals surface area (Å²) in [5, 5.41) is 16.7. The molecule has 0 spiro atoms. The van der Waals surface area contributed by atoms with Gasteiger partial charge in [0.1, 0.15) is 0 Å². The van der Waals surface area contributed by atoms with Crippen molar-refractivity contribution in [1.29, 1.82) is 5.26 Å². The lowest BCUT2D eigenvalue weighted by molar-refractivity contribution is -0.139. The van der Waals surface area contributed by atoms with E-state index < -0.39 is 23.4 Å². The van der Waals surface area contributed by atoms with Crippen LogP contribution >= 0.6 is 11.6 Å². The summed E-state index contributed by atoms with van der Waals surface area (Å²) in [5.74, 6) is -1.71. The first kappa shape index (κ1) is 29.6. The molecule has 0 radical (unpaired) electrons. The highest BCUT2D eigenvalue weighted by Crippen LogP contribution is 2.34. The Labute approximate surface area is 251 Å². The molecule has 0 aliphatic carbocycles. The van der Waals surface area contributed by atoms with Crippen LogP contribution in [0.25, 0.3) is 22.3 Å². The maximum absolute atomic E-state index is 14.9. The van der Waals surface area contributed by atoms with Crippen LogP contribution in [-0.4, -0.2) is 33.8 Å². The first-order valence-corrected chi connectivity index (χ1v) is 14.0. The molecule has 9 nitrogen and oxygen atoms in total. The predicted octanol–water partition coefficient (Wildman–Crippen LogP) is 5.70. The molecule has 3 heterocycles. The van der Waals surface area contributed by atoms with Crippen LogP contribution in [0.3, 0.4) is 0 Å². The van der Waals surface area contributed by atoms with Crippen molar-refractivity contribution >= 4 is 29.2 Å². The number of nitrogens with one attached hydrogen (secondary N) is 1. The number of carbonyl (C=O) groups excluding carboxylic acids is 2. The molecule has 2 bridgehead atoms. The number of methoxy groups -OCH3 is 1. The van der Waals surface area contributed by atoms with E-state index >= 15 is 0 Å². The molecule has 2 aromatic heterocycles. The van der Waals surface area contributed by atoms with Gasteiger partial charge in [0.05, 0.1) is 48.1 Å². The van der Waals surface area contributed by atoms with Crippen molar-refractivity contribution in [3.63, 3.8) is 0 Å². The normalized spacial score (nSPS) is 16.6. The molecule has 2 atom stereocenters. The van der Waals surface area contributed by atoms with Crippen LogP contribution in [0.2, 0.25) is 5.02 Å². The van der Waals surface area contributed by atoms with Gasteiger partial charge >= 0.3 is 5.97 Å². The fourth-order valence-electron chi connectivity index (χ4n) is 5.21. The van der Waals surface area contributed by atoms with E-state index in [0.717, 1.165) is 5.56 Å². The summed E-state index contributed by atoms with van der Waals surface area (Å²) < 4.78 is 21.0. The van der Waals surface area contributed by atoms with Crippen molar-refractivity contribution in [3.8, 4) is 28.3 Å². The number of pyridine rings is 1. The largest absolute Gasteiger partial charge is 0.469 e. The van der Waals surface area contributed by atoms with Crippen LogP contribution in [0.1, 0.15) is 49.0 Å². The van der Waals surface area contributed by atoms with Crippen LogP contribution in [0.5, 0.6) is 0 Å². The number of anilines is 1. The molecule has 1 N–H and O–H groups in total.